The summed E-state index contributed by atoms with van der Waals surface area (Å²) >= 11 is 1.95. The Morgan fingerprint density at radius 1 is 1.40 bits per heavy atom. The molecule has 5 heteroatoms. The van der Waals surface area contributed by atoms with Crippen molar-refractivity contribution in [2.24, 2.45) is 0 Å². The van der Waals surface area contributed by atoms with E-state index in [9.17, 15) is 8.78 Å². The average Bonchev–Trinajstić information content (AvgIpc) is 2.86. The smallest absolute Gasteiger partial charge is 0.130 e. The Balaban J connectivity index is 1.58. The van der Waals surface area contributed by atoms with Crippen molar-refractivity contribution in [3.8, 4) is 0 Å². The molecule has 0 aliphatic carbocycles. The van der Waals surface area contributed by atoms with Gasteiger partial charge in [-0.05, 0) is 31.1 Å². The van der Waals surface area contributed by atoms with Crippen LogP contribution in [0.5, 0.6) is 0 Å². The van der Waals surface area contributed by atoms with E-state index in [1.54, 1.807) is 0 Å². The lowest BCUT2D eigenvalue weighted by atomic mass is 9.90. The highest BCUT2D eigenvalue weighted by Crippen LogP contribution is 2.38. The summed E-state index contributed by atoms with van der Waals surface area (Å²) < 4.78 is 32.4. The molecule has 1 spiro atoms. The van der Waals surface area contributed by atoms with Gasteiger partial charge in [-0.1, -0.05) is 6.07 Å². The lowest BCUT2D eigenvalue weighted by Gasteiger charge is -2.38. The van der Waals surface area contributed by atoms with Gasteiger partial charge in [0.05, 0.1) is 5.60 Å². The summed E-state index contributed by atoms with van der Waals surface area (Å²) in [4.78, 5) is 0. The van der Waals surface area contributed by atoms with E-state index in [1.165, 1.54) is 17.9 Å². The van der Waals surface area contributed by atoms with E-state index in [-0.39, 0.29) is 5.60 Å². The molecule has 2 saturated heterocycles. The number of hydrogen-bond acceptors (Lipinski definition) is 3. The SMILES string of the molecule is Fc1ccc(CNC2CCOC3(CCSC3)C2)c(F)c1. The predicted octanol–water partition coefficient (Wildman–Crippen LogP) is 3.11. The van der Waals surface area contributed by atoms with E-state index in [0.29, 0.717) is 18.2 Å². The number of hydrogen-bond donors (Lipinski definition) is 1. The molecule has 1 aromatic carbocycles. The van der Waals surface area contributed by atoms with Gasteiger partial charge in [-0.2, -0.15) is 11.8 Å². The van der Waals surface area contributed by atoms with Crippen molar-refractivity contribution >= 4 is 11.8 Å². The lowest BCUT2D eigenvalue weighted by molar-refractivity contribution is -0.0703. The van der Waals surface area contributed by atoms with Crippen LogP contribution in [0.2, 0.25) is 0 Å². The van der Waals surface area contributed by atoms with Gasteiger partial charge in [-0.3, -0.25) is 0 Å². The van der Waals surface area contributed by atoms with E-state index >= 15 is 0 Å². The Kier molecular flexibility index (Phi) is 4.29. The second-order valence-corrected chi connectivity index (χ2v) is 6.75. The van der Waals surface area contributed by atoms with Crippen LogP contribution in [0.1, 0.15) is 24.8 Å². The zero-order chi connectivity index (χ0) is 14.0. The van der Waals surface area contributed by atoms with E-state index in [1.807, 2.05) is 11.8 Å². The van der Waals surface area contributed by atoms with Crippen LogP contribution in [-0.4, -0.2) is 29.8 Å². The zero-order valence-corrected chi connectivity index (χ0v) is 12.1. The van der Waals surface area contributed by atoms with Crippen LogP contribution in [0.3, 0.4) is 0 Å². The maximum Gasteiger partial charge on any atom is 0.130 e. The van der Waals surface area contributed by atoms with Crippen LogP contribution in [0.25, 0.3) is 0 Å². The van der Waals surface area contributed by atoms with E-state index < -0.39 is 11.6 Å². The summed E-state index contributed by atoms with van der Waals surface area (Å²) in [7, 11) is 0. The maximum atomic E-state index is 13.6. The van der Waals surface area contributed by atoms with Crippen LogP contribution in [0, 0.1) is 11.6 Å². The first-order valence-electron chi connectivity index (χ1n) is 7.06. The molecule has 1 aromatic rings. The molecule has 2 aliphatic rings. The van der Waals surface area contributed by atoms with Gasteiger partial charge in [0.15, 0.2) is 0 Å². The summed E-state index contributed by atoms with van der Waals surface area (Å²) in [5.74, 6) is 1.23. The predicted molar refractivity (Wildman–Crippen MR) is 76.8 cm³/mol. The Hall–Kier alpha value is -0.650. The summed E-state index contributed by atoms with van der Waals surface area (Å²) in [6.07, 6.45) is 3.05. The Morgan fingerprint density at radius 3 is 3.05 bits per heavy atom. The van der Waals surface area contributed by atoms with Crippen molar-refractivity contribution in [3.63, 3.8) is 0 Å². The molecule has 2 atom stereocenters. The second-order valence-electron chi connectivity index (χ2n) is 5.64. The fourth-order valence-electron chi connectivity index (χ4n) is 2.98. The largest absolute Gasteiger partial charge is 0.374 e. The van der Waals surface area contributed by atoms with Crippen molar-refractivity contribution in [1.82, 2.24) is 5.32 Å². The molecule has 0 saturated carbocycles. The summed E-state index contributed by atoms with van der Waals surface area (Å²) in [5, 5.41) is 3.40. The molecular formula is C15H19F2NOS. The second kappa shape index (κ2) is 6.00. The fourth-order valence-corrected chi connectivity index (χ4v) is 4.36. The monoisotopic (exact) mass is 299 g/mol. The minimum atomic E-state index is -0.528. The first kappa shape index (κ1) is 14.3. The number of thioether (sulfide) groups is 1. The molecule has 2 fully saturated rings. The highest BCUT2D eigenvalue weighted by Gasteiger charge is 2.40. The molecule has 2 unspecified atom stereocenters. The van der Waals surface area contributed by atoms with E-state index in [4.69, 9.17) is 4.74 Å². The van der Waals surface area contributed by atoms with Crippen LogP contribution in [-0.2, 0) is 11.3 Å². The van der Waals surface area contributed by atoms with Crippen molar-refractivity contribution in [2.45, 2.75) is 37.5 Å². The molecule has 20 heavy (non-hydrogen) atoms. The van der Waals surface area contributed by atoms with Crippen LogP contribution in [0.15, 0.2) is 18.2 Å². The Labute approximate surface area is 122 Å². The van der Waals surface area contributed by atoms with Gasteiger partial charge in [0, 0.05) is 36.6 Å². The maximum absolute atomic E-state index is 13.6. The number of benzene rings is 1. The van der Waals surface area contributed by atoms with Gasteiger partial charge in [0.25, 0.3) is 0 Å². The average molecular weight is 299 g/mol. The van der Waals surface area contributed by atoms with Crippen LogP contribution < -0.4 is 5.32 Å². The Bertz CT molecular complexity index is 477. The lowest BCUT2D eigenvalue weighted by Crippen LogP contribution is -2.47. The molecule has 110 valence electrons. The highest BCUT2D eigenvalue weighted by atomic mass is 32.2. The normalized spacial score (nSPS) is 30.0. The quantitative estimate of drug-likeness (QED) is 0.926. The topological polar surface area (TPSA) is 21.3 Å². The fraction of sp³-hybridized carbons (Fsp3) is 0.600. The summed E-state index contributed by atoms with van der Waals surface area (Å²) in [5.41, 5.74) is 0.551. The number of nitrogens with one attached hydrogen (secondary N) is 1. The molecule has 0 aromatic heterocycles. The number of halogens is 2. The summed E-state index contributed by atoms with van der Waals surface area (Å²) in [6, 6.07) is 4.11. The molecule has 0 amide bonds. The van der Waals surface area contributed by atoms with Crippen molar-refractivity contribution in [3.05, 3.63) is 35.4 Å². The van der Waals surface area contributed by atoms with Gasteiger partial charge >= 0.3 is 0 Å². The van der Waals surface area contributed by atoms with Gasteiger partial charge in [0.1, 0.15) is 11.6 Å². The van der Waals surface area contributed by atoms with Crippen LogP contribution in [0.4, 0.5) is 8.78 Å². The third-order valence-corrected chi connectivity index (χ3v) is 5.38. The van der Waals surface area contributed by atoms with E-state index in [0.717, 1.165) is 37.7 Å². The molecular weight excluding hydrogens is 280 g/mol. The van der Waals surface area contributed by atoms with E-state index in [2.05, 4.69) is 5.32 Å². The standard InChI is InChI=1S/C15H19F2NOS/c16-12-2-1-11(14(17)7-12)9-18-13-3-5-19-15(8-13)4-6-20-10-15/h1-2,7,13,18H,3-6,8-10H2. The minimum Gasteiger partial charge on any atom is -0.374 e. The third kappa shape index (κ3) is 3.15. The third-order valence-electron chi connectivity index (χ3n) is 4.16. The summed E-state index contributed by atoms with van der Waals surface area (Å²) in [6.45, 7) is 1.21. The molecule has 1 N–H and O–H groups in total. The molecule has 0 bridgehead atoms. The van der Waals surface area contributed by atoms with Crippen molar-refractivity contribution < 1.29 is 13.5 Å². The van der Waals surface area contributed by atoms with Crippen molar-refractivity contribution in [1.29, 1.82) is 0 Å². The van der Waals surface area contributed by atoms with Gasteiger partial charge in [0.2, 0.25) is 0 Å². The minimum absolute atomic E-state index is 0.0297. The van der Waals surface area contributed by atoms with Crippen LogP contribution >= 0.6 is 11.8 Å². The molecule has 0 radical (unpaired) electrons. The molecule has 2 nitrogen and oxygen atoms in total. The Morgan fingerprint density at radius 2 is 2.30 bits per heavy atom. The van der Waals surface area contributed by atoms with Crippen molar-refractivity contribution in [2.75, 3.05) is 18.1 Å². The van der Waals surface area contributed by atoms with Gasteiger partial charge in [-0.25, -0.2) is 8.78 Å². The number of rotatable bonds is 3. The first-order valence-corrected chi connectivity index (χ1v) is 8.21. The molecule has 2 heterocycles. The number of ether oxygens (including phenoxy) is 1. The highest BCUT2D eigenvalue weighted by molar-refractivity contribution is 7.99. The molecule has 3 rings (SSSR count). The van der Waals surface area contributed by atoms with Gasteiger partial charge in [-0.15, -0.1) is 0 Å². The van der Waals surface area contributed by atoms with Gasteiger partial charge < -0.3 is 10.1 Å². The molecule has 2 aliphatic heterocycles. The zero-order valence-electron chi connectivity index (χ0n) is 11.3. The first-order chi connectivity index (χ1) is 9.67.